The van der Waals surface area contributed by atoms with Crippen molar-refractivity contribution in [1.29, 1.82) is 0 Å². The smallest absolute Gasteiger partial charge is 0.349 e. The Morgan fingerprint density at radius 2 is 1.91 bits per heavy atom. The zero-order valence-corrected chi connectivity index (χ0v) is 14.1. The van der Waals surface area contributed by atoms with Crippen LogP contribution in [0.2, 0.25) is 5.02 Å². The second-order valence-corrected chi connectivity index (χ2v) is 7.02. The van der Waals surface area contributed by atoms with Crippen molar-refractivity contribution in [2.24, 2.45) is 0 Å². The molecule has 0 saturated heterocycles. The van der Waals surface area contributed by atoms with Gasteiger partial charge in [0, 0.05) is 15.9 Å². The molecule has 3 rings (SSSR count). The van der Waals surface area contributed by atoms with Gasteiger partial charge in [0.1, 0.15) is 4.88 Å². The number of carbonyl (C=O) groups is 2. The highest BCUT2D eigenvalue weighted by Crippen LogP contribution is 2.29. The maximum absolute atomic E-state index is 12.1. The lowest BCUT2D eigenvalue weighted by molar-refractivity contribution is -0.129. The highest BCUT2D eigenvalue weighted by Gasteiger charge is 2.27. The van der Waals surface area contributed by atoms with Crippen molar-refractivity contribution in [3.05, 3.63) is 46.3 Å². The number of carbonyl (C=O) groups excluding carboxylic acids is 2. The maximum Gasteiger partial charge on any atom is 0.349 e. The third-order valence-electron chi connectivity index (χ3n) is 3.51. The van der Waals surface area contributed by atoms with E-state index >= 15 is 0 Å². The molecule has 6 heteroatoms. The summed E-state index contributed by atoms with van der Waals surface area (Å²) in [4.78, 5) is 25.4. The fourth-order valence-corrected chi connectivity index (χ4v) is 3.06. The summed E-state index contributed by atoms with van der Waals surface area (Å²) in [5, 5.41) is 3.49. The Labute approximate surface area is 143 Å². The van der Waals surface area contributed by atoms with Crippen LogP contribution in [-0.2, 0) is 9.53 Å². The summed E-state index contributed by atoms with van der Waals surface area (Å²) >= 11 is 7.20. The molecule has 1 N–H and O–H groups in total. The van der Waals surface area contributed by atoms with Crippen molar-refractivity contribution in [2.75, 3.05) is 0 Å². The molecule has 0 spiro atoms. The number of thiophene rings is 1. The molecule has 2 aromatic rings. The van der Waals surface area contributed by atoms with E-state index in [2.05, 4.69) is 5.32 Å². The van der Waals surface area contributed by atoms with E-state index in [-0.39, 0.29) is 11.9 Å². The van der Waals surface area contributed by atoms with E-state index in [1.807, 2.05) is 18.2 Å². The molecule has 1 aliphatic carbocycles. The lowest BCUT2D eigenvalue weighted by Gasteiger charge is -2.12. The molecule has 1 aliphatic rings. The third kappa shape index (κ3) is 4.12. The summed E-state index contributed by atoms with van der Waals surface area (Å²) in [6.07, 6.45) is 1.22. The predicted octanol–water partition coefficient (Wildman–Crippen LogP) is 3.89. The summed E-state index contributed by atoms with van der Waals surface area (Å²) in [6.45, 7) is 1.59. The van der Waals surface area contributed by atoms with Crippen molar-refractivity contribution in [3.63, 3.8) is 0 Å². The van der Waals surface area contributed by atoms with Crippen molar-refractivity contribution < 1.29 is 14.3 Å². The molecular formula is C17H16ClNO3S. The van der Waals surface area contributed by atoms with Crippen LogP contribution >= 0.6 is 22.9 Å². The van der Waals surface area contributed by atoms with E-state index < -0.39 is 12.1 Å². The van der Waals surface area contributed by atoms with Crippen molar-refractivity contribution in [3.8, 4) is 10.4 Å². The Morgan fingerprint density at radius 3 is 2.57 bits per heavy atom. The van der Waals surface area contributed by atoms with Gasteiger partial charge in [0.2, 0.25) is 0 Å². The van der Waals surface area contributed by atoms with Gasteiger partial charge in [-0.15, -0.1) is 11.3 Å². The summed E-state index contributed by atoms with van der Waals surface area (Å²) in [5.41, 5.74) is 0.984. The number of rotatable bonds is 5. The van der Waals surface area contributed by atoms with Gasteiger partial charge in [0.15, 0.2) is 6.10 Å². The maximum atomic E-state index is 12.1. The lowest BCUT2D eigenvalue weighted by Crippen LogP contribution is -2.36. The zero-order chi connectivity index (χ0) is 16.4. The normalized spacial score (nSPS) is 15.0. The van der Waals surface area contributed by atoms with Crippen LogP contribution in [0.1, 0.15) is 29.4 Å². The van der Waals surface area contributed by atoms with E-state index in [1.54, 1.807) is 25.1 Å². The summed E-state index contributed by atoms with van der Waals surface area (Å²) in [5.74, 6) is -0.719. The van der Waals surface area contributed by atoms with Gasteiger partial charge in [-0.2, -0.15) is 0 Å². The molecule has 23 heavy (non-hydrogen) atoms. The topological polar surface area (TPSA) is 55.4 Å². The van der Waals surface area contributed by atoms with Crippen LogP contribution in [0.5, 0.6) is 0 Å². The van der Waals surface area contributed by atoms with Gasteiger partial charge in [-0.05, 0) is 49.6 Å². The molecule has 1 aromatic carbocycles. The number of hydrogen-bond donors (Lipinski definition) is 1. The molecule has 120 valence electrons. The number of ether oxygens (including phenoxy) is 1. The first-order valence-corrected chi connectivity index (χ1v) is 8.59. The fraction of sp³-hybridized carbons (Fsp3) is 0.294. The van der Waals surface area contributed by atoms with Crippen LogP contribution < -0.4 is 5.32 Å². The van der Waals surface area contributed by atoms with E-state index in [0.717, 1.165) is 23.3 Å². The standard InChI is InChI=1S/C17H16ClNO3S/c1-10(16(20)19-13-6-7-13)22-17(21)15-9-8-14(23-15)11-2-4-12(18)5-3-11/h2-5,8-10,13H,6-7H2,1H3,(H,19,20)/t10-/m0/s1. The number of amides is 1. The van der Waals surface area contributed by atoms with E-state index in [0.29, 0.717) is 9.90 Å². The first-order chi connectivity index (χ1) is 11.0. The van der Waals surface area contributed by atoms with Gasteiger partial charge >= 0.3 is 5.97 Å². The van der Waals surface area contributed by atoms with Crippen LogP contribution in [0.25, 0.3) is 10.4 Å². The second kappa shape index (κ2) is 6.72. The second-order valence-electron chi connectivity index (χ2n) is 5.50. The van der Waals surface area contributed by atoms with E-state index in [4.69, 9.17) is 16.3 Å². The molecular weight excluding hydrogens is 334 g/mol. The largest absolute Gasteiger partial charge is 0.448 e. The Kier molecular flexibility index (Phi) is 4.68. The van der Waals surface area contributed by atoms with Crippen LogP contribution in [-0.4, -0.2) is 24.0 Å². The Bertz CT molecular complexity index is 722. The van der Waals surface area contributed by atoms with Gasteiger partial charge in [0.25, 0.3) is 5.91 Å². The lowest BCUT2D eigenvalue weighted by atomic mass is 10.2. The van der Waals surface area contributed by atoms with Crippen molar-refractivity contribution in [1.82, 2.24) is 5.32 Å². The number of halogens is 1. The minimum absolute atomic E-state index is 0.240. The van der Waals surface area contributed by atoms with Gasteiger partial charge in [0.05, 0.1) is 0 Å². The molecule has 1 atom stereocenters. The molecule has 0 aliphatic heterocycles. The quantitative estimate of drug-likeness (QED) is 0.833. The molecule has 4 nitrogen and oxygen atoms in total. The summed E-state index contributed by atoms with van der Waals surface area (Å²) in [7, 11) is 0. The fourth-order valence-electron chi connectivity index (χ4n) is 2.04. The van der Waals surface area contributed by atoms with E-state index in [9.17, 15) is 9.59 Å². The van der Waals surface area contributed by atoms with Gasteiger partial charge in [-0.1, -0.05) is 23.7 Å². The Morgan fingerprint density at radius 1 is 1.22 bits per heavy atom. The van der Waals surface area contributed by atoms with Crippen LogP contribution in [0.3, 0.4) is 0 Å². The van der Waals surface area contributed by atoms with Gasteiger partial charge in [-0.25, -0.2) is 4.79 Å². The van der Waals surface area contributed by atoms with Crippen LogP contribution in [0.15, 0.2) is 36.4 Å². The van der Waals surface area contributed by atoms with Crippen LogP contribution in [0, 0.1) is 0 Å². The summed E-state index contributed by atoms with van der Waals surface area (Å²) < 4.78 is 5.23. The Hall–Kier alpha value is -1.85. The van der Waals surface area contributed by atoms with Crippen LogP contribution in [0.4, 0.5) is 0 Å². The zero-order valence-electron chi connectivity index (χ0n) is 12.5. The number of hydrogen-bond acceptors (Lipinski definition) is 4. The SMILES string of the molecule is C[C@H](OC(=O)c1ccc(-c2ccc(Cl)cc2)s1)C(=O)NC1CC1. The minimum Gasteiger partial charge on any atom is -0.448 e. The number of nitrogens with one attached hydrogen (secondary N) is 1. The predicted molar refractivity (Wildman–Crippen MR) is 90.8 cm³/mol. The molecule has 1 fully saturated rings. The van der Waals surface area contributed by atoms with Gasteiger partial charge in [-0.3, -0.25) is 4.79 Å². The minimum atomic E-state index is -0.788. The highest BCUT2D eigenvalue weighted by molar-refractivity contribution is 7.17. The Balaban J connectivity index is 1.63. The molecule has 1 aromatic heterocycles. The summed E-state index contributed by atoms with van der Waals surface area (Å²) in [6, 6.07) is 11.2. The average Bonchev–Trinajstić information content (AvgIpc) is 3.20. The molecule has 0 unspecified atom stereocenters. The average molecular weight is 350 g/mol. The monoisotopic (exact) mass is 349 g/mol. The third-order valence-corrected chi connectivity index (χ3v) is 4.88. The van der Waals surface area contributed by atoms with Crippen molar-refractivity contribution >= 4 is 34.8 Å². The number of benzene rings is 1. The molecule has 1 saturated carbocycles. The first kappa shape index (κ1) is 16.0. The van der Waals surface area contributed by atoms with Crippen molar-refractivity contribution in [2.45, 2.75) is 31.9 Å². The molecule has 0 radical (unpaired) electrons. The van der Waals surface area contributed by atoms with E-state index in [1.165, 1.54) is 11.3 Å². The first-order valence-electron chi connectivity index (χ1n) is 7.40. The number of esters is 1. The molecule has 1 heterocycles. The molecule has 1 amide bonds. The van der Waals surface area contributed by atoms with Gasteiger partial charge < -0.3 is 10.1 Å². The molecule has 0 bridgehead atoms. The highest BCUT2D eigenvalue weighted by atomic mass is 35.5.